The molecule has 0 saturated heterocycles. The highest BCUT2D eigenvalue weighted by atomic mass is 32.1. The number of nitrogens with zero attached hydrogens (tertiary/aromatic N) is 3. The van der Waals surface area contributed by atoms with Gasteiger partial charge in [0.05, 0.1) is 31.8 Å². The number of nitrogens with two attached hydrogens (primary N) is 1. The zero-order valence-electron chi connectivity index (χ0n) is 49.8. The number of likely N-dealkylation sites (N-methyl/N-ethyl adjacent to an activating group) is 3. The molecule has 25 nitrogen and oxygen atoms in total. The van der Waals surface area contributed by atoms with E-state index >= 15 is 0 Å². The van der Waals surface area contributed by atoms with Gasteiger partial charge in [0, 0.05) is 51.7 Å². The Balaban J connectivity index is 1.90. The second-order valence-electron chi connectivity index (χ2n) is 22.0. The topological polar surface area (TPSA) is 368 Å². The summed E-state index contributed by atoms with van der Waals surface area (Å²) in [5.41, 5.74) is 6.55. The molecule has 10 amide bonds. The van der Waals surface area contributed by atoms with Crippen molar-refractivity contribution in [1.29, 1.82) is 0 Å². The number of benzene rings is 3. The van der Waals surface area contributed by atoms with Crippen LogP contribution < -0.4 is 43.0 Å². The van der Waals surface area contributed by atoms with E-state index in [4.69, 9.17) is 5.73 Å². The molecule has 0 heterocycles. The monoisotopic (exact) mass is 1200 g/mol. The van der Waals surface area contributed by atoms with Crippen molar-refractivity contribution in [3.8, 4) is 5.75 Å². The summed E-state index contributed by atoms with van der Waals surface area (Å²) in [5, 5.41) is 48.8. The Morgan fingerprint density at radius 2 is 1.11 bits per heavy atom. The van der Waals surface area contributed by atoms with Crippen molar-refractivity contribution in [2.45, 2.75) is 140 Å². The molecule has 3 rings (SSSR count). The van der Waals surface area contributed by atoms with Crippen LogP contribution in [0.25, 0.3) is 0 Å². The molecule has 0 aromatic heterocycles. The smallest absolute Gasteiger partial charge is 0.303 e. The maximum absolute atomic E-state index is 14.9. The van der Waals surface area contributed by atoms with Gasteiger partial charge in [-0.25, -0.2) is 0 Å². The summed E-state index contributed by atoms with van der Waals surface area (Å²) < 4.78 is 0. The second-order valence-corrected chi connectivity index (χ2v) is 22.4. The van der Waals surface area contributed by atoms with Crippen molar-refractivity contribution in [2.24, 2.45) is 11.7 Å². The number of thiol groups is 1. The lowest BCUT2D eigenvalue weighted by Crippen LogP contribution is -2.60. The summed E-state index contributed by atoms with van der Waals surface area (Å²) in [6.07, 6.45) is -0.930. The number of carboxylic acid groups (broad SMARTS) is 1. The number of aromatic hydroxyl groups is 1. The van der Waals surface area contributed by atoms with E-state index in [-0.39, 0.29) is 24.3 Å². The zero-order valence-corrected chi connectivity index (χ0v) is 50.7. The number of amides is 10. The van der Waals surface area contributed by atoms with Gasteiger partial charge >= 0.3 is 5.97 Å². The molecule has 0 spiro atoms. The molecule has 0 bridgehead atoms. The van der Waals surface area contributed by atoms with Gasteiger partial charge in [0.25, 0.3) is 0 Å². The summed E-state index contributed by atoms with van der Waals surface area (Å²) in [6, 6.07) is 14.4. The number of hydrogen-bond donors (Lipinski definition) is 12. The fourth-order valence-corrected chi connectivity index (χ4v) is 9.48. The molecule has 466 valence electrons. The van der Waals surface area contributed by atoms with E-state index in [1.807, 2.05) is 51.1 Å². The Morgan fingerprint density at radius 1 is 0.600 bits per heavy atom. The number of carbonyl (C=O) groups is 11. The minimum Gasteiger partial charge on any atom is -0.508 e. The first kappa shape index (κ1) is 71.2. The minimum absolute atomic E-state index is 0.0948. The van der Waals surface area contributed by atoms with Gasteiger partial charge in [-0.05, 0) is 74.8 Å². The fourth-order valence-electron chi connectivity index (χ4n) is 9.22. The van der Waals surface area contributed by atoms with Crippen LogP contribution in [0.1, 0.15) is 83.9 Å². The number of aliphatic carboxylic acids is 1. The van der Waals surface area contributed by atoms with Crippen LogP contribution in [0, 0.1) is 5.92 Å². The summed E-state index contributed by atoms with van der Waals surface area (Å²) in [6.45, 7) is 8.61. The molecule has 0 aliphatic carbocycles. The summed E-state index contributed by atoms with van der Waals surface area (Å²) in [4.78, 5) is 151. The number of primary amides is 1. The summed E-state index contributed by atoms with van der Waals surface area (Å²) >= 11 is 4.07. The van der Waals surface area contributed by atoms with Crippen molar-refractivity contribution in [3.63, 3.8) is 0 Å². The quantitative estimate of drug-likeness (QED) is 0.0332. The predicted molar refractivity (Wildman–Crippen MR) is 319 cm³/mol. The molecular formula is C59H85N11O14S. The molecule has 0 fully saturated rings. The lowest BCUT2D eigenvalue weighted by Gasteiger charge is -2.34. The van der Waals surface area contributed by atoms with Crippen LogP contribution >= 0.6 is 12.6 Å². The van der Waals surface area contributed by atoms with Crippen molar-refractivity contribution < 1.29 is 68.1 Å². The second kappa shape index (κ2) is 34.6. The molecule has 3 aromatic carbocycles. The molecule has 0 radical (unpaired) electrons. The van der Waals surface area contributed by atoms with Crippen LogP contribution in [0.4, 0.5) is 0 Å². The number of nitrogens with one attached hydrogen (secondary N) is 7. The van der Waals surface area contributed by atoms with E-state index in [1.54, 1.807) is 44.2 Å². The molecule has 8 atom stereocenters. The molecule has 12 N–H and O–H groups in total. The third-order valence-electron chi connectivity index (χ3n) is 13.8. The Labute approximate surface area is 501 Å². The van der Waals surface area contributed by atoms with Gasteiger partial charge in [0.1, 0.15) is 42.0 Å². The number of phenols is 1. The molecule has 0 aliphatic heterocycles. The van der Waals surface area contributed by atoms with Crippen LogP contribution in [0.15, 0.2) is 84.9 Å². The minimum atomic E-state index is -1.65. The van der Waals surface area contributed by atoms with Gasteiger partial charge in [-0.2, -0.15) is 12.6 Å². The highest BCUT2D eigenvalue weighted by Gasteiger charge is 2.38. The number of aliphatic hydroxyl groups excluding tert-OH is 1. The van der Waals surface area contributed by atoms with Crippen LogP contribution in [0.3, 0.4) is 0 Å². The third kappa shape index (κ3) is 24.2. The number of carboxylic acids is 1. The molecule has 26 heteroatoms. The number of carbonyl (C=O) groups excluding carboxylic acids is 10. The zero-order chi connectivity index (χ0) is 63.7. The van der Waals surface area contributed by atoms with Gasteiger partial charge in [-0.15, -0.1) is 0 Å². The van der Waals surface area contributed by atoms with Gasteiger partial charge in [-0.3, -0.25) is 52.7 Å². The molecule has 85 heavy (non-hydrogen) atoms. The standard InChI is InChI=1S/C59H85N11O14S/c1-10-27-59(5,6)67-42(28-37-17-13-11-14-18-37)53(79)66-50(35(2)3)54(80)63-41(25-26-49(76)77)56(82)68(7)32-47(74)62-43(29-39-21-23-40(72)24-22-39)57(83)70(9)45(30-38-19-15-12-16-20-38)58(84)69(8)33-48(75)65-51(36(4)71)55(81)64-44(34-85)52(78)61-31-46(60)73/h11-24,35-36,41-45,50-51,67,71-72,85H,10,25-34H2,1-9H3,(H2,60,73)(H,61,78)(H,62,74)(H,63,80)(H,64,81)(H,65,75)(H,66,79)(H,76,77)/t36-,41+,42+,43+,44+,45+,50+,51+/m1/s1. The van der Waals surface area contributed by atoms with Crippen molar-refractivity contribution in [1.82, 2.24) is 51.9 Å². The van der Waals surface area contributed by atoms with E-state index in [0.717, 1.165) is 33.1 Å². The fraction of sp³-hybridized carbons (Fsp3) is 0.508. The van der Waals surface area contributed by atoms with Crippen molar-refractivity contribution in [3.05, 3.63) is 102 Å². The first-order chi connectivity index (χ1) is 40.0. The van der Waals surface area contributed by atoms with Crippen molar-refractivity contribution >= 4 is 77.7 Å². The normalized spacial score (nSPS) is 14.1. The van der Waals surface area contributed by atoms with Crippen LogP contribution in [0.2, 0.25) is 0 Å². The van der Waals surface area contributed by atoms with E-state index in [1.165, 1.54) is 52.3 Å². The lowest BCUT2D eigenvalue weighted by molar-refractivity contribution is -0.147. The largest absolute Gasteiger partial charge is 0.508 e. The Hall–Kier alpha value is -8.10. The van der Waals surface area contributed by atoms with Crippen LogP contribution in [-0.4, -0.2) is 196 Å². The summed E-state index contributed by atoms with van der Waals surface area (Å²) in [5.74, 6) is -10.3. The average Bonchev–Trinajstić information content (AvgIpc) is 3.62. The number of phenolic OH excluding ortho intramolecular Hbond substituents is 1. The molecule has 3 aromatic rings. The van der Waals surface area contributed by atoms with Crippen LogP contribution in [0.5, 0.6) is 5.75 Å². The maximum atomic E-state index is 14.9. The third-order valence-corrected chi connectivity index (χ3v) is 14.1. The first-order valence-electron chi connectivity index (χ1n) is 27.9. The van der Waals surface area contributed by atoms with Gasteiger partial charge < -0.3 is 73.0 Å². The molecule has 0 unspecified atom stereocenters. The summed E-state index contributed by atoms with van der Waals surface area (Å²) in [7, 11) is 3.82. The highest BCUT2D eigenvalue weighted by Crippen LogP contribution is 2.18. The van der Waals surface area contributed by atoms with E-state index in [9.17, 15) is 68.1 Å². The van der Waals surface area contributed by atoms with Gasteiger partial charge in [-0.1, -0.05) is 100.0 Å². The van der Waals surface area contributed by atoms with Gasteiger partial charge in [0.2, 0.25) is 59.1 Å². The average molecular weight is 1200 g/mol. The number of rotatable bonds is 35. The Kier molecular flexibility index (Phi) is 29.0. The Bertz CT molecular complexity index is 2750. The van der Waals surface area contributed by atoms with Crippen molar-refractivity contribution in [2.75, 3.05) is 46.5 Å². The number of aliphatic hydroxyl groups is 1. The Morgan fingerprint density at radius 3 is 1.62 bits per heavy atom. The van der Waals surface area contributed by atoms with E-state index in [2.05, 4.69) is 49.8 Å². The predicted octanol–water partition coefficient (Wildman–Crippen LogP) is -0.442. The number of hydrogen-bond acceptors (Lipinski definition) is 15. The SMILES string of the molecule is CCCC(C)(C)N[C@@H](Cc1ccccc1)C(=O)N[C@H](C(=O)N[C@@H](CCC(=O)O)C(=O)N(C)CC(=O)N[C@@H](Cc1ccc(O)cc1)C(=O)N(C)[C@@H](Cc1ccccc1)C(=O)N(C)CC(=O)N[C@H](C(=O)N[C@@H](CS)C(=O)NCC(N)=O)[C@@H](C)O)C(C)C. The molecular weight excluding hydrogens is 1120 g/mol. The first-order valence-corrected chi connectivity index (χ1v) is 28.6. The molecule has 0 saturated carbocycles. The lowest BCUT2D eigenvalue weighted by atomic mass is 9.94. The molecule has 0 aliphatic rings. The highest BCUT2D eigenvalue weighted by molar-refractivity contribution is 7.80. The maximum Gasteiger partial charge on any atom is 0.303 e. The van der Waals surface area contributed by atoms with Crippen LogP contribution in [-0.2, 0) is 72.0 Å². The van der Waals surface area contributed by atoms with E-state index in [0.29, 0.717) is 17.5 Å². The van der Waals surface area contributed by atoms with Gasteiger partial charge in [0.15, 0.2) is 0 Å². The van der Waals surface area contributed by atoms with E-state index < -0.39 is 157 Å².